The van der Waals surface area contributed by atoms with Gasteiger partial charge in [-0.25, -0.2) is 4.98 Å². The summed E-state index contributed by atoms with van der Waals surface area (Å²) in [7, 11) is 3.79. The van der Waals surface area contributed by atoms with E-state index in [-0.39, 0.29) is 5.91 Å². The molecule has 7 heteroatoms. The van der Waals surface area contributed by atoms with E-state index in [1.165, 1.54) is 0 Å². The molecule has 1 atom stereocenters. The fourth-order valence-electron chi connectivity index (χ4n) is 3.79. The third kappa shape index (κ3) is 3.86. The van der Waals surface area contributed by atoms with Crippen LogP contribution in [0.4, 0.5) is 5.82 Å². The highest BCUT2D eigenvalue weighted by atomic mass is 16.2. The van der Waals surface area contributed by atoms with Gasteiger partial charge in [0.2, 0.25) is 5.91 Å². The predicted molar refractivity (Wildman–Crippen MR) is 101 cm³/mol. The van der Waals surface area contributed by atoms with Gasteiger partial charge >= 0.3 is 0 Å². The van der Waals surface area contributed by atoms with Crippen LogP contribution < -0.4 is 5.32 Å². The number of piperidine rings is 1. The van der Waals surface area contributed by atoms with Gasteiger partial charge in [0.25, 0.3) is 0 Å². The number of amides is 1. The van der Waals surface area contributed by atoms with Gasteiger partial charge in [0, 0.05) is 50.8 Å². The Morgan fingerprint density at radius 3 is 2.77 bits per heavy atom. The molecule has 3 heterocycles. The Hall–Kier alpha value is -2.44. The highest BCUT2D eigenvalue weighted by Crippen LogP contribution is 2.23. The van der Waals surface area contributed by atoms with Gasteiger partial charge in [-0.15, -0.1) is 0 Å². The van der Waals surface area contributed by atoms with Crippen LogP contribution in [0.1, 0.15) is 35.5 Å². The van der Waals surface area contributed by atoms with Crippen molar-refractivity contribution >= 4 is 11.7 Å². The first-order valence-electron chi connectivity index (χ1n) is 9.24. The number of aryl methyl sites for hydroxylation is 2. The molecule has 140 valence electrons. The third-order valence-electron chi connectivity index (χ3n) is 5.35. The average molecular weight is 356 g/mol. The first-order chi connectivity index (χ1) is 12.5. The molecular weight excluding hydrogens is 328 g/mol. The summed E-state index contributed by atoms with van der Waals surface area (Å²) in [4.78, 5) is 23.7. The van der Waals surface area contributed by atoms with Crippen molar-refractivity contribution < 1.29 is 4.79 Å². The van der Waals surface area contributed by atoms with Gasteiger partial charge in [0.1, 0.15) is 5.82 Å². The first kappa shape index (κ1) is 18.4. The summed E-state index contributed by atoms with van der Waals surface area (Å²) in [6, 6.07) is 0. The number of anilines is 1. The number of aromatic nitrogens is 4. The second-order valence-electron chi connectivity index (χ2n) is 7.10. The van der Waals surface area contributed by atoms with E-state index >= 15 is 0 Å². The van der Waals surface area contributed by atoms with Crippen molar-refractivity contribution in [1.82, 2.24) is 24.6 Å². The smallest absolute Gasteiger partial charge is 0.227 e. The molecular formula is C19H28N6O. The summed E-state index contributed by atoms with van der Waals surface area (Å²) in [5.74, 6) is 1.45. The van der Waals surface area contributed by atoms with Crippen LogP contribution >= 0.6 is 0 Å². The van der Waals surface area contributed by atoms with Gasteiger partial charge in [0.05, 0.1) is 17.8 Å². The molecule has 0 spiro atoms. The normalized spacial score (nSPS) is 17.4. The lowest BCUT2D eigenvalue weighted by atomic mass is 9.92. The molecule has 0 aromatic carbocycles. The van der Waals surface area contributed by atoms with Crippen molar-refractivity contribution in [2.24, 2.45) is 13.0 Å². The molecule has 26 heavy (non-hydrogen) atoms. The third-order valence-corrected chi connectivity index (χ3v) is 5.35. The fraction of sp³-hybridized carbons (Fsp3) is 0.579. The highest BCUT2D eigenvalue weighted by Gasteiger charge is 2.26. The maximum absolute atomic E-state index is 12.9. The number of carbonyl (C=O) groups is 1. The number of hydrogen-bond acceptors (Lipinski definition) is 5. The van der Waals surface area contributed by atoms with E-state index in [9.17, 15) is 4.79 Å². The standard InChI is InChI=1S/C19H28N6O/c1-13-16(14(2)24(4)23-13)11-18(26)25-9-5-6-15(12-25)10-17-19(20-3)22-8-7-21-17/h7-8,15H,5-6,9-12H2,1-4H3,(H,20,22). The Morgan fingerprint density at radius 2 is 2.08 bits per heavy atom. The molecule has 1 N–H and O–H groups in total. The first-order valence-corrected chi connectivity index (χ1v) is 9.24. The van der Waals surface area contributed by atoms with E-state index < -0.39 is 0 Å². The summed E-state index contributed by atoms with van der Waals surface area (Å²) in [5, 5.41) is 7.53. The number of hydrogen-bond donors (Lipinski definition) is 1. The number of nitrogens with one attached hydrogen (secondary N) is 1. The molecule has 1 amide bonds. The summed E-state index contributed by atoms with van der Waals surface area (Å²) < 4.78 is 1.85. The zero-order valence-electron chi connectivity index (χ0n) is 16.1. The maximum Gasteiger partial charge on any atom is 0.227 e. The van der Waals surface area contributed by atoms with Crippen LogP contribution in [0.2, 0.25) is 0 Å². The summed E-state index contributed by atoms with van der Waals surface area (Å²) in [6.07, 6.45) is 6.87. The Morgan fingerprint density at radius 1 is 1.31 bits per heavy atom. The van der Waals surface area contributed by atoms with E-state index in [0.717, 1.165) is 60.8 Å². The van der Waals surface area contributed by atoms with Crippen molar-refractivity contribution in [2.75, 3.05) is 25.5 Å². The van der Waals surface area contributed by atoms with Crippen LogP contribution in [0.5, 0.6) is 0 Å². The number of carbonyl (C=O) groups excluding carboxylic acids is 1. The molecule has 1 saturated heterocycles. The lowest BCUT2D eigenvalue weighted by Crippen LogP contribution is -2.41. The number of nitrogens with zero attached hydrogens (tertiary/aromatic N) is 5. The molecule has 3 rings (SSSR count). The minimum absolute atomic E-state index is 0.196. The van der Waals surface area contributed by atoms with Gasteiger partial charge in [-0.2, -0.15) is 5.10 Å². The van der Waals surface area contributed by atoms with E-state index in [0.29, 0.717) is 12.3 Å². The Bertz CT molecular complexity index is 784. The topological polar surface area (TPSA) is 75.9 Å². The second kappa shape index (κ2) is 7.85. The fourth-order valence-corrected chi connectivity index (χ4v) is 3.79. The molecule has 2 aromatic heterocycles. The minimum Gasteiger partial charge on any atom is -0.372 e. The van der Waals surface area contributed by atoms with E-state index in [1.807, 2.05) is 37.5 Å². The molecule has 0 saturated carbocycles. The monoisotopic (exact) mass is 356 g/mol. The predicted octanol–water partition coefficient (Wildman–Crippen LogP) is 1.89. The van der Waals surface area contributed by atoms with E-state index in [2.05, 4.69) is 20.4 Å². The molecule has 2 aromatic rings. The lowest BCUT2D eigenvalue weighted by Gasteiger charge is -2.33. The van der Waals surface area contributed by atoms with Crippen molar-refractivity contribution in [3.05, 3.63) is 35.0 Å². The SMILES string of the molecule is CNc1nccnc1CC1CCCN(C(=O)Cc2c(C)nn(C)c2C)C1. The van der Waals surface area contributed by atoms with Crippen LogP contribution in [-0.2, 0) is 24.7 Å². The summed E-state index contributed by atoms with van der Waals surface area (Å²) in [6.45, 7) is 5.63. The molecule has 0 bridgehead atoms. The van der Waals surface area contributed by atoms with Crippen molar-refractivity contribution in [3.8, 4) is 0 Å². The van der Waals surface area contributed by atoms with Crippen LogP contribution in [0.3, 0.4) is 0 Å². The molecule has 1 aliphatic heterocycles. The van der Waals surface area contributed by atoms with Crippen LogP contribution in [0.15, 0.2) is 12.4 Å². The average Bonchev–Trinajstić information content (AvgIpc) is 2.88. The van der Waals surface area contributed by atoms with Crippen molar-refractivity contribution in [1.29, 1.82) is 0 Å². The molecule has 0 aliphatic carbocycles. The molecule has 7 nitrogen and oxygen atoms in total. The quantitative estimate of drug-likeness (QED) is 0.885. The lowest BCUT2D eigenvalue weighted by molar-refractivity contribution is -0.132. The van der Waals surface area contributed by atoms with Gasteiger partial charge in [0.15, 0.2) is 0 Å². The zero-order valence-corrected chi connectivity index (χ0v) is 16.1. The van der Waals surface area contributed by atoms with Crippen LogP contribution in [-0.4, -0.2) is 50.7 Å². The molecule has 0 radical (unpaired) electrons. The molecule has 1 unspecified atom stereocenters. The molecule has 1 fully saturated rings. The zero-order chi connectivity index (χ0) is 18.7. The minimum atomic E-state index is 0.196. The van der Waals surface area contributed by atoms with Crippen molar-refractivity contribution in [3.63, 3.8) is 0 Å². The number of likely N-dealkylation sites (tertiary alicyclic amines) is 1. The summed E-state index contributed by atoms with van der Waals surface area (Å²) in [5.41, 5.74) is 4.06. The Kier molecular flexibility index (Phi) is 5.54. The van der Waals surface area contributed by atoms with Crippen LogP contribution in [0.25, 0.3) is 0 Å². The largest absolute Gasteiger partial charge is 0.372 e. The number of rotatable bonds is 5. The molecule has 1 aliphatic rings. The van der Waals surface area contributed by atoms with E-state index in [4.69, 9.17) is 0 Å². The van der Waals surface area contributed by atoms with E-state index in [1.54, 1.807) is 12.4 Å². The van der Waals surface area contributed by atoms with Gasteiger partial charge in [-0.05, 0) is 39.0 Å². The van der Waals surface area contributed by atoms with Gasteiger partial charge in [-0.1, -0.05) is 0 Å². The Balaban J connectivity index is 1.65. The van der Waals surface area contributed by atoms with Gasteiger partial charge < -0.3 is 10.2 Å². The highest BCUT2D eigenvalue weighted by molar-refractivity contribution is 5.79. The summed E-state index contributed by atoms with van der Waals surface area (Å²) >= 11 is 0. The maximum atomic E-state index is 12.9. The second-order valence-corrected chi connectivity index (χ2v) is 7.10. The Labute approximate surface area is 154 Å². The van der Waals surface area contributed by atoms with Gasteiger partial charge in [-0.3, -0.25) is 14.5 Å². The van der Waals surface area contributed by atoms with Crippen molar-refractivity contribution in [2.45, 2.75) is 39.5 Å². The van der Waals surface area contributed by atoms with Crippen LogP contribution in [0, 0.1) is 19.8 Å².